The number of rotatable bonds is 6. The predicted molar refractivity (Wildman–Crippen MR) is 114 cm³/mol. The van der Waals surface area contributed by atoms with E-state index in [2.05, 4.69) is 0 Å². The van der Waals surface area contributed by atoms with Gasteiger partial charge in [0.25, 0.3) is 10.0 Å². The molecule has 0 aliphatic heterocycles. The Balaban J connectivity index is 1.66. The van der Waals surface area contributed by atoms with Gasteiger partial charge in [0.15, 0.2) is 0 Å². The summed E-state index contributed by atoms with van der Waals surface area (Å²) in [5.41, 5.74) is 0.208. The number of hydrogen-bond acceptors (Lipinski definition) is 4. The zero-order chi connectivity index (χ0) is 20.8. The van der Waals surface area contributed by atoms with Gasteiger partial charge in [-0.3, -0.25) is 4.79 Å². The van der Waals surface area contributed by atoms with Crippen molar-refractivity contribution in [3.05, 3.63) is 77.3 Å². The fraction of sp³-hybridized carbons (Fsp3) is 0.190. The molecule has 1 heterocycles. The second-order valence-corrected chi connectivity index (χ2v) is 10.7. The quantitative estimate of drug-likeness (QED) is 0.594. The van der Waals surface area contributed by atoms with Crippen molar-refractivity contribution in [3.8, 4) is 10.4 Å². The summed E-state index contributed by atoms with van der Waals surface area (Å²) in [6.45, 7) is 0. The molecule has 2 atom stereocenters. The molecule has 8 heteroatoms. The van der Waals surface area contributed by atoms with Crippen LogP contribution >= 0.6 is 22.9 Å². The van der Waals surface area contributed by atoms with Gasteiger partial charge in [0.1, 0.15) is 9.75 Å². The lowest BCUT2D eigenvalue weighted by Gasteiger charge is -2.24. The molecule has 29 heavy (non-hydrogen) atoms. The molecule has 1 fully saturated rings. The average molecular weight is 448 g/mol. The van der Waals surface area contributed by atoms with Crippen molar-refractivity contribution < 1.29 is 18.3 Å². The lowest BCUT2D eigenvalue weighted by atomic mass is 10.1. The van der Waals surface area contributed by atoms with Gasteiger partial charge in [-0.1, -0.05) is 54.1 Å². The normalized spacial score (nSPS) is 21.3. The number of halogens is 1. The average Bonchev–Trinajstić information content (AvgIpc) is 3.28. The highest BCUT2D eigenvalue weighted by Gasteiger charge is 2.66. The van der Waals surface area contributed by atoms with Crippen LogP contribution in [0.3, 0.4) is 0 Å². The third-order valence-electron chi connectivity index (χ3n) is 5.39. The van der Waals surface area contributed by atoms with E-state index in [0.29, 0.717) is 5.02 Å². The van der Waals surface area contributed by atoms with E-state index in [4.69, 9.17) is 11.6 Å². The zero-order valence-corrected chi connectivity index (χ0v) is 17.8. The summed E-state index contributed by atoms with van der Waals surface area (Å²) >= 11 is 7.03. The molecule has 0 saturated heterocycles. The van der Waals surface area contributed by atoms with Gasteiger partial charge in [0.2, 0.25) is 0 Å². The minimum atomic E-state index is -3.97. The first kappa shape index (κ1) is 20.1. The van der Waals surface area contributed by atoms with E-state index in [0.717, 1.165) is 31.6 Å². The summed E-state index contributed by atoms with van der Waals surface area (Å²) in [6, 6.07) is 19.5. The molecule has 1 aliphatic rings. The number of thiophene rings is 1. The molecule has 0 amide bonds. The van der Waals surface area contributed by atoms with E-state index in [1.165, 1.54) is 13.1 Å². The van der Waals surface area contributed by atoms with Crippen LogP contribution in [0.2, 0.25) is 5.02 Å². The molecule has 3 aromatic rings. The molecular weight excluding hydrogens is 430 g/mol. The maximum absolute atomic E-state index is 13.3. The molecule has 5 nitrogen and oxygen atoms in total. The number of carboxylic acid groups (broad SMARTS) is 1. The number of aliphatic carboxylic acids is 1. The third kappa shape index (κ3) is 3.38. The number of benzene rings is 2. The molecule has 1 saturated carbocycles. The lowest BCUT2D eigenvalue weighted by molar-refractivity contribution is -0.142. The van der Waals surface area contributed by atoms with Crippen molar-refractivity contribution in [2.75, 3.05) is 7.05 Å². The fourth-order valence-corrected chi connectivity index (χ4v) is 6.74. The maximum Gasteiger partial charge on any atom is 0.325 e. The number of sulfonamides is 1. The van der Waals surface area contributed by atoms with Crippen molar-refractivity contribution in [2.45, 2.75) is 22.1 Å². The van der Waals surface area contributed by atoms with Gasteiger partial charge in [-0.05, 0) is 41.8 Å². The minimum Gasteiger partial charge on any atom is -0.480 e. The summed E-state index contributed by atoms with van der Waals surface area (Å²) < 4.78 is 27.6. The second kappa shape index (κ2) is 7.25. The minimum absolute atomic E-state index is 0.115. The Labute approximate surface area is 178 Å². The van der Waals surface area contributed by atoms with E-state index in [1.54, 1.807) is 18.2 Å². The molecule has 0 unspecified atom stereocenters. The molecule has 0 spiro atoms. The fourth-order valence-electron chi connectivity index (χ4n) is 3.63. The zero-order valence-electron chi connectivity index (χ0n) is 15.4. The van der Waals surface area contributed by atoms with Gasteiger partial charge in [0, 0.05) is 22.9 Å². The summed E-state index contributed by atoms with van der Waals surface area (Å²) in [4.78, 5) is 12.9. The van der Waals surface area contributed by atoms with Gasteiger partial charge in [-0.2, -0.15) is 4.31 Å². The van der Waals surface area contributed by atoms with Crippen LogP contribution in [-0.2, 0) is 14.8 Å². The molecule has 2 aromatic carbocycles. The molecule has 0 radical (unpaired) electrons. The van der Waals surface area contributed by atoms with E-state index < -0.39 is 21.5 Å². The summed E-state index contributed by atoms with van der Waals surface area (Å²) in [5, 5.41) is 10.5. The first-order valence-electron chi connectivity index (χ1n) is 8.90. The number of carboxylic acids is 1. The Hall–Kier alpha value is -2.19. The van der Waals surface area contributed by atoms with Crippen molar-refractivity contribution in [2.24, 2.45) is 0 Å². The van der Waals surface area contributed by atoms with Gasteiger partial charge in [-0.25, -0.2) is 8.42 Å². The highest BCUT2D eigenvalue weighted by atomic mass is 35.5. The SMILES string of the molecule is CN([C@]1(C(=O)O)C[C@H]1c1ccccc1)S(=O)(=O)c1ccc(-c2ccc(Cl)cc2)s1. The molecule has 4 rings (SSSR count). The smallest absolute Gasteiger partial charge is 0.325 e. The predicted octanol–water partition coefficient (Wildman–Crippen LogP) is 4.70. The van der Waals surface area contributed by atoms with E-state index in [-0.39, 0.29) is 16.5 Å². The topological polar surface area (TPSA) is 74.7 Å². The maximum atomic E-state index is 13.3. The highest BCUT2D eigenvalue weighted by Crippen LogP contribution is 2.56. The Kier molecular flexibility index (Phi) is 5.02. The summed E-state index contributed by atoms with van der Waals surface area (Å²) in [6.07, 6.45) is 0.248. The van der Waals surface area contributed by atoms with Crippen molar-refractivity contribution in [3.63, 3.8) is 0 Å². The van der Waals surface area contributed by atoms with Crippen LogP contribution < -0.4 is 0 Å². The van der Waals surface area contributed by atoms with Gasteiger partial charge < -0.3 is 5.11 Å². The Bertz CT molecular complexity index is 1160. The van der Waals surface area contributed by atoms with E-state index in [9.17, 15) is 18.3 Å². The third-order valence-corrected chi connectivity index (χ3v) is 9.14. The van der Waals surface area contributed by atoms with Gasteiger partial charge in [0.05, 0.1) is 0 Å². The van der Waals surface area contributed by atoms with Crippen LogP contribution in [0.4, 0.5) is 0 Å². The number of hydrogen-bond donors (Lipinski definition) is 1. The van der Waals surface area contributed by atoms with E-state index >= 15 is 0 Å². The Morgan fingerprint density at radius 1 is 1.10 bits per heavy atom. The molecule has 150 valence electrons. The highest BCUT2D eigenvalue weighted by molar-refractivity contribution is 7.91. The molecule has 0 bridgehead atoms. The molecule has 1 aliphatic carbocycles. The monoisotopic (exact) mass is 447 g/mol. The second-order valence-electron chi connectivity index (χ2n) is 6.99. The standard InChI is InChI=1S/C21H18ClNO4S2/c1-23(21(20(24)25)13-17(21)14-5-3-2-4-6-14)29(26,27)19-12-11-18(28-19)15-7-9-16(22)10-8-15/h2-12,17H,13H2,1H3,(H,24,25)/t17-,21+/m0/s1. The van der Waals surface area contributed by atoms with Gasteiger partial charge >= 0.3 is 5.97 Å². The molecule has 1 N–H and O–H groups in total. The number of carbonyl (C=O) groups is 1. The first-order valence-corrected chi connectivity index (χ1v) is 11.5. The van der Waals surface area contributed by atoms with Crippen molar-refractivity contribution >= 4 is 38.9 Å². The number of nitrogens with zero attached hydrogens (tertiary/aromatic N) is 1. The van der Waals surface area contributed by atoms with Crippen molar-refractivity contribution in [1.29, 1.82) is 0 Å². The van der Waals surface area contributed by atoms with Crippen LogP contribution in [-0.4, -0.2) is 36.4 Å². The largest absolute Gasteiger partial charge is 0.480 e. The van der Waals surface area contributed by atoms with Crippen LogP contribution in [0, 0.1) is 0 Å². The molecular formula is C21H18ClNO4S2. The summed E-state index contributed by atoms with van der Waals surface area (Å²) in [5.74, 6) is -1.51. The van der Waals surface area contributed by atoms with Crippen LogP contribution in [0.15, 0.2) is 70.9 Å². The van der Waals surface area contributed by atoms with Crippen LogP contribution in [0.25, 0.3) is 10.4 Å². The van der Waals surface area contributed by atoms with E-state index in [1.807, 2.05) is 42.5 Å². The Morgan fingerprint density at radius 3 is 2.38 bits per heavy atom. The van der Waals surface area contributed by atoms with Gasteiger partial charge in [-0.15, -0.1) is 11.3 Å². The molecule has 1 aromatic heterocycles. The van der Waals surface area contributed by atoms with Crippen LogP contribution in [0.5, 0.6) is 0 Å². The first-order chi connectivity index (χ1) is 13.8. The number of likely N-dealkylation sites (N-methyl/N-ethyl adjacent to an activating group) is 1. The summed E-state index contributed by atoms with van der Waals surface area (Å²) in [7, 11) is -2.62. The Morgan fingerprint density at radius 2 is 1.76 bits per heavy atom. The van der Waals surface area contributed by atoms with Crippen molar-refractivity contribution in [1.82, 2.24) is 4.31 Å². The lowest BCUT2D eigenvalue weighted by Crippen LogP contribution is -2.45. The van der Waals surface area contributed by atoms with Crippen LogP contribution in [0.1, 0.15) is 17.9 Å².